The summed E-state index contributed by atoms with van der Waals surface area (Å²) >= 11 is 0. The Morgan fingerprint density at radius 1 is 1.30 bits per heavy atom. The largest absolute Gasteiger partial charge is 0.370 e. The van der Waals surface area contributed by atoms with Crippen molar-refractivity contribution in [3.63, 3.8) is 0 Å². The van der Waals surface area contributed by atoms with Gasteiger partial charge in [-0.1, -0.05) is 18.2 Å². The van der Waals surface area contributed by atoms with E-state index in [9.17, 15) is 4.39 Å². The lowest BCUT2D eigenvalue weighted by atomic mass is 10.1. The molecule has 0 bridgehead atoms. The van der Waals surface area contributed by atoms with Crippen LogP contribution in [0.1, 0.15) is 17.4 Å². The van der Waals surface area contributed by atoms with E-state index in [-0.39, 0.29) is 11.9 Å². The monoisotopic (exact) mass is 272 g/mol. The first-order chi connectivity index (χ1) is 9.74. The van der Waals surface area contributed by atoms with Gasteiger partial charge in [-0.3, -0.25) is 4.98 Å². The van der Waals surface area contributed by atoms with Crippen LogP contribution in [0.5, 0.6) is 0 Å². The molecule has 1 aromatic heterocycles. The van der Waals surface area contributed by atoms with E-state index in [1.807, 2.05) is 25.1 Å². The molecule has 1 saturated heterocycles. The second-order valence-electron chi connectivity index (χ2n) is 4.98. The first-order valence-electron chi connectivity index (χ1n) is 6.77. The van der Waals surface area contributed by atoms with E-state index in [0.717, 1.165) is 17.9 Å². The molecule has 0 aliphatic carbocycles. The predicted molar refractivity (Wildman–Crippen MR) is 76.3 cm³/mol. The first-order valence-corrected chi connectivity index (χ1v) is 6.77. The van der Waals surface area contributed by atoms with Crippen LogP contribution in [-0.4, -0.2) is 24.7 Å². The maximum Gasteiger partial charge on any atom is 0.129 e. The first kappa shape index (κ1) is 13.1. The summed E-state index contributed by atoms with van der Waals surface area (Å²) in [6.07, 6.45) is 1.58. The predicted octanol–water partition coefficient (Wildman–Crippen LogP) is 3.11. The van der Waals surface area contributed by atoms with Crippen molar-refractivity contribution in [3.8, 4) is 0 Å². The van der Waals surface area contributed by atoms with Crippen LogP contribution >= 0.6 is 0 Å². The van der Waals surface area contributed by atoms with Gasteiger partial charge in [-0.15, -0.1) is 0 Å². The van der Waals surface area contributed by atoms with Crippen molar-refractivity contribution in [2.24, 2.45) is 0 Å². The van der Waals surface area contributed by atoms with Gasteiger partial charge in [0.25, 0.3) is 0 Å². The summed E-state index contributed by atoms with van der Waals surface area (Å²) in [5.74, 6) is -0.203. The molecule has 3 nitrogen and oxygen atoms in total. The Bertz CT molecular complexity index is 603. The van der Waals surface area contributed by atoms with Gasteiger partial charge in [-0.2, -0.15) is 0 Å². The van der Waals surface area contributed by atoms with E-state index in [4.69, 9.17) is 4.74 Å². The van der Waals surface area contributed by atoms with Crippen LogP contribution in [0.4, 0.5) is 10.1 Å². The molecule has 104 valence electrons. The molecule has 0 spiro atoms. The Balaban J connectivity index is 1.82. The van der Waals surface area contributed by atoms with Crippen LogP contribution in [0, 0.1) is 12.7 Å². The Labute approximate surface area is 118 Å². The fraction of sp³-hybridized carbons (Fsp3) is 0.312. The smallest absolute Gasteiger partial charge is 0.129 e. The minimum Gasteiger partial charge on any atom is -0.370 e. The number of halogens is 1. The third-order valence-electron chi connectivity index (χ3n) is 3.56. The van der Waals surface area contributed by atoms with E-state index in [1.165, 1.54) is 6.07 Å². The second-order valence-corrected chi connectivity index (χ2v) is 4.98. The van der Waals surface area contributed by atoms with Gasteiger partial charge in [0.2, 0.25) is 0 Å². The van der Waals surface area contributed by atoms with Crippen molar-refractivity contribution < 1.29 is 9.13 Å². The maximum atomic E-state index is 13.9. The molecule has 4 heteroatoms. The second kappa shape index (κ2) is 5.59. The van der Waals surface area contributed by atoms with Gasteiger partial charge in [-0.25, -0.2) is 4.39 Å². The standard InChI is InChI=1S/C16H17FN2O/c1-12-10-13(6-7-18-12)19-8-9-20-16(11-19)14-4-2-3-5-15(14)17/h2-7,10,16H,8-9,11H2,1H3/t16-/m1/s1. The van der Waals surface area contributed by atoms with Crippen molar-refractivity contribution in [3.05, 3.63) is 59.7 Å². The van der Waals surface area contributed by atoms with E-state index in [2.05, 4.69) is 9.88 Å². The Morgan fingerprint density at radius 2 is 2.15 bits per heavy atom. The molecule has 0 radical (unpaired) electrons. The van der Waals surface area contributed by atoms with E-state index >= 15 is 0 Å². The third-order valence-corrected chi connectivity index (χ3v) is 3.56. The molecule has 2 aromatic rings. The fourth-order valence-corrected chi connectivity index (χ4v) is 2.54. The number of aryl methyl sites for hydroxylation is 1. The number of anilines is 1. The zero-order chi connectivity index (χ0) is 13.9. The summed E-state index contributed by atoms with van der Waals surface area (Å²) in [6, 6.07) is 10.8. The van der Waals surface area contributed by atoms with Crippen LogP contribution in [0.15, 0.2) is 42.6 Å². The Morgan fingerprint density at radius 3 is 2.95 bits per heavy atom. The zero-order valence-corrected chi connectivity index (χ0v) is 11.4. The lowest BCUT2D eigenvalue weighted by molar-refractivity contribution is 0.0375. The molecule has 2 heterocycles. The Kier molecular flexibility index (Phi) is 3.65. The van der Waals surface area contributed by atoms with Gasteiger partial charge >= 0.3 is 0 Å². The van der Waals surface area contributed by atoms with Crippen molar-refractivity contribution in [1.82, 2.24) is 4.98 Å². The van der Waals surface area contributed by atoms with Crippen molar-refractivity contribution in [2.75, 3.05) is 24.6 Å². The highest BCUT2D eigenvalue weighted by Gasteiger charge is 2.24. The molecule has 0 N–H and O–H groups in total. The van der Waals surface area contributed by atoms with Gasteiger partial charge in [0.1, 0.15) is 11.9 Å². The number of ether oxygens (including phenoxy) is 1. The number of pyridine rings is 1. The highest BCUT2D eigenvalue weighted by molar-refractivity contribution is 5.47. The van der Waals surface area contributed by atoms with Crippen LogP contribution < -0.4 is 4.90 Å². The molecule has 1 aromatic carbocycles. The van der Waals surface area contributed by atoms with Crippen LogP contribution in [0.2, 0.25) is 0 Å². The van der Waals surface area contributed by atoms with Gasteiger partial charge < -0.3 is 9.64 Å². The van der Waals surface area contributed by atoms with Gasteiger partial charge in [0.05, 0.1) is 6.61 Å². The molecule has 1 atom stereocenters. The van der Waals surface area contributed by atoms with Crippen molar-refractivity contribution in [2.45, 2.75) is 13.0 Å². The van der Waals surface area contributed by atoms with Crippen molar-refractivity contribution >= 4 is 5.69 Å². The van der Waals surface area contributed by atoms with Crippen LogP contribution in [-0.2, 0) is 4.74 Å². The molecule has 1 aliphatic heterocycles. The number of nitrogens with zero attached hydrogens (tertiary/aromatic N) is 2. The lowest BCUT2D eigenvalue weighted by Crippen LogP contribution is -2.38. The van der Waals surface area contributed by atoms with E-state index in [0.29, 0.717) is 18.7 Å². The quantitative estimate of drug-likeness (QED) is 0.840. The van der Waals surface area contributed by atoms with Crippen LogP contribution in [0.3, 0.4) is 0 Å². The highest BCUT2D eigenvalue weighted by atomic mass is 19.1. The molecule has 0 saturated carbocycles. The molecular weight excluding hydrogens is 255 g/mol. The normalized spacial score (nSPS) is 19.1. The topological polar surface area (TPSA) is 25.4 Å². The average molecular weight is 272 g/mol. The maximum absolute atomic E-state index is 13.9. The molecule has 0 amide bonds. The number of morpholine rings is 1. The van der Waals surface area contributed by atoms with E-state index < -0.39 is 0 Å². The average Bonchev–Trinajstić information content (AvgIpc) is 2.48. The highest BCUT2D eigenvalue weighted by Crippen LogP contribution is 2.27. The molecular formula is C16H17FN2O. The minimum atomic E-state index is -0.224. The number of aromatic nitrogens is 1. The summed E-state index contributed by atoms with van der Waals surface area (Å²) in [6.45, 7) is 4.04. The zero-order valence-electron chi connectivity index (χ0n) is 11.4. The molecule has 3 rings (SSSR count). The minimum absolute atomic E-state index is 0.203. The molecule has 1 fully saturated rings. The number of rotatable bonds is 2. The molecule has 1 aliphatic rings. The summed E-state index contributed by atoms with van der Waals surface area (Å²) < 4.78 is 19.6. The van der Waals surface area contributed by atoms with Gasteiger partial charge in [-0.05, 0) is 25.1 Å². The SMILES string of the molecule is Cc1cc(N2CCO[C@@H](c3ccccc3F)C2)ccn1. The van der Waals surface area contributed by atoms with Gasteiger partial charge in [0.15, 0.2) is 0 Å². The summed E-state index contributed by atoms with van der Waals surface area (Å²) in [5, 5.41) is 0. The van der Waals surface area contributed by atoms with Gasteiger partial charge in [0, 0.05) is 36.2 Å². The molecule has 20 heavy (non-hydrogen) atoms. The summed E-state index contributed by atoms with van der Waals surface area (Å²) in [4.78, 5) is 6.43. The van der Waals surface area contributed by atoms with Crippen LogP contribution in [0.25, 0.3) is 0 Å². The Hall–Kier alpha value is -1.94. The third kappa shape index (κ3) is 2.65. The van der Waals surface area contributed by atoms with E-state index in [1.54, 1.807) is 18.3 Å². The summed E-state index contributed by atoms with van der Waals surface area (Å²) in [5.41, 5.74) is 2.72. The van der Waals surface area contributed by atoms with Crippen molar-refractivity contribution in [1.29, 1.82) is 0 Å². The number of hydrogen-bond donors (Lipinski definition) is 0. The lowest BCUT2D eigenvalue weighted by Gasteiger charge is -2.34. The number of benzene rings is 1. The molecule has 0 unspecified atom stereocenters. The summed E-state index contributed by atoms with van der Waals surface area (Å²) in [7, 11) is 0. The number of hydrogen-bond acceptors (Lipinski definition) is 3. The fourth-order valence-electron chi connectivity index (χ4n) is 2.54.